The lowest BCUT2D eigenvalue weighted by Gasteiger charge is -2.27. The van der Waals surface area contributed by atoms with Crippen LogP contribution in [0.3, 0.4) is 0 Å². The minimum absolute atomic E-state index is 0.111. The average molecular weight is 517 g/mol. The molecule has 0 radical (unpaired) electrons. The fourth-order valence-corrected chi connectivity index (χ4v) is 5.03. The number of fused-ring (bicyclic) bond motifs is 1. The van der Waals surface area contributed by atoms with Crippen molar-refractivity contribution in [1.82, 2.24) is 5.32 Å². The van der Waals surface area contributed by atoms with Crippen molar-refractivity contribution in [2.75, 3.05) is 25.7 Å². The number of carbonyl (C=O) groups excluding carboxylic acids is 2. The molecule has 3 aromatic carbocycles. The van der Waals surface area contributed by atoms with Crippen molar-refractivity contribution in [3.05, 3.63) is 88.3 Å². The first kappa shape index (κ1) is 26.4. The summed E-state index contributed by atoms with van der Waals surface area (Å²) < 4.78 is 10.9. The van der Waals surface area contributed by atoms with Gasteiger partial charge in [-0.15, -0.1) is 0 Å². The van der Waals surface area contributed by atoms with E-state index < -0.39 is 0 Å². The van der Waals surface area contributed by atoms with E-state index in [1.54, 1.807) is 31.2 Å². The summed E-state index contributed by atoms with van der Waals surface area (Å²) >= 11 is 1.41. The molecule has 0 bridgehead atoms. The third-order valence-corrected chi connectivity index (χ3v) is 7.30. The zero-order valence-corrected chi connectivity index (χ0v) is 22.4. The summed E-state index contributed by atoms with van der Waals surface area (Å²) in [6, 6.07) is 20.7. The molecule has 0 unspecified atom stereocenters. The van der Waals surface area contributed by atoms with E-state index in [0.29, 0.717) is 17.1 Å². The van der Waals surface area contributed by atoms with Crippen molar-refractivity contribution in [2.24, 2.45) is 0 Å². The van der Waals surface area contributed by atoms with Gasteiger partial charge in [-0.3, -0.25) is 9.59 Å². The first-order chi connectivity index (χ1) is 17.9. The van der Waals surface area contributed by atoms with Gasteiger partial charge in [0.05, 0.1) is 30.4 Å². The number of nitrogens with zero attached hydrogens (tertiary/aromatic N) is 1. The van der Waals surface area contributed by atoms with E-state index in [4.69, 9.17) is 9.47 Å². The molecule has 3 aromatic rings. The monoisotopic (exact) mass is 516 g/mol. The Bertz CT molecular complexity index is 1290. The molecule has 7 heteroatoms. The summed E-state index contributed by atoms with van der Waals surface area (Å²) in [5.74, 6) is 1.29. The standard InChI is InChI=1S/C30H32N2O4S/c1-5-6-17-36-25-14-9-22(10-15-25)20(2)31-29(33)23-11-16-27-26(19-23)32(3)30(34)28(37-27)18-21-7-12-24(35-4)13-8-21/h7-16,18-20H,5-6,17H2,1-4H3,(H,31,33)/b28-18+/t20-/m0/s1. The first-order valence-corrected chi connectivity index (χ1v) is 13.2. The number of methoxy groups -OCH3 is 1. The maximum absolute atomic E-state index is 13.1. The highest BCUT2D eigenvalue weighted by Gasteiger charge is 2.27. The molecule has 1 N–H and O–H groups in total. The molecular weight excluding hydrogens is 484 g/mol. The van der Waals surface area contributed by atoms with E-state index in [2.05, 4.69) is 12.2 Å². The van der Waals surface area contributed by atoms with Crippen LogP contribution in [0.15, 0.2) is 76.5 Å². The topological polar surface area (TPSA) is 67.9 Å². The Hall–Kier alpha value is -3.71. The van der Waals surface area contributed by atoms with E-state index in [-0.39, 0.29) is 17.9 Å². The number of thioether (sulfide) groups is 1. The van der Waals surface area contributed by atoms with Crippen molar-refractivity contribution < 1.29 is 19.1 Å². The van der Waals surface area contributed by atoms with Gasteiger partial charge in [-0.05, 0) is 73.0 Å². The van der Waals surface area contributed by atoms with Crippen LogP contribution in [0, 0.1) is 0 Å². The van der Waals surface area contributed by atoms with E-state index in [1.165, 1.54) is 11.8 Å². The Morgan fingerprint density at radius 2 is 1.76 bits per heavy atom. The molecule has 1 aliphatic rings. The lowest BCUT2D eigenvalue weighted by atomic mass is 10.1. The Morgan fingerprint density at radius 3 is 2.43 bits per heavy atom. The number of unbranched alkanes of at least 4 members (excludes halogenated alkanes) is 1. The molecule has 0 saturated carbocycles. The Labute approximate surface area is 222 Å². The van der Waals surface area contributed by atoms with Crippen LogP contribution in [0.2, 0.25) is 0 Å². The van der Waals surface area contributed by atoms with Gasteiger partial charge in [-0.25, -0.2) is 0 Å². The molecule has 0 aromatic heterocycles. The number of hydrogen-bond donors (Lipinski definition) is 1. The predicted molar refractivity (Wildman–Crippen MR) is 149 cm³/mol. The zero-order valence-electron chi connectivity index (χ0n) is 21.6. The van der Waals surface area contributed by atoms with Crippen molar-refractivity contribution >= 4 is 35.3 Å². The molecule has 0 aliphatic carbocycles. The number of ether oxygens (including phenoxy) is 2. The Morgan fingerprint density at radius 1 is 1.05 bits per heavy atom. The number of benzene rings is 3. The van der Waals surface area contributed by atoms with Gasteiger partial charge in [-0.1, -0.05) is 49.4 Å². The van der Waals surface area contributed by atoms with Gasteiger partial charge in [0, 0.05) is 17.5 Å². The molecule has 0 spiro atoms. The second-order valence-electron chi connectivity index (χ2n) is 8.90. The maximum Gasteiger partial charge on any atom is 0.264 e. The van der Waals surface area contributed by atoms with E-state index >= 15 is 0 Å². The third kappa shape index (κ3) is 6.35. The fourth-order valence-electron chi connectivity index (χ4n) is 3.94. The number of rotatable bonds is 9. The number of hydrogen-bond acceptors (Lipinski definition) is 5. The number of amides is 2. The molecule has 1 atom stereocenters. The van der Waals surface area contributed by atoms with Gasteiger partial charge in [-0.2, -0.15) is 0 Å². The van der Waals surface area contributed by atoms with Crippen LogP contribution in [-0.2, 0) is 4.79 Å². The zero-order chi connectivity index (χ0) is 26.4. The molecule has 0 fully saturated rings. The van der Waals surface area contributed by atoms with Crippen LogP contribution in [-0.4, -0.2) is 32.6 Å². The van der Waals surface area contributed by atoms with Gasteiger partial charge in [0.2, 0.25) is 0 Å². The third-order valence-electron chi connectivity index (χ3n) is 6.23. The van der Waals surface area contributed by atoms with E-state index in [1.807, 2.05) is 67.6 Å². The van der Waals surface area contributed by atoms with Crippen LogP contribution in [0.25, 0.3) is 6.08 Å². The molecule has 37 heavy (non-hydrogen) atoms. The largest absolute Gasteiger partial charge is 0.497 e. The summed E-state index contributed by atoms with van der Waals surface area (Å²) in [5.41, 5.74) is 3.13. The summed E-state index contributed by atoms with van der Waals surface area (Å²) in [7, 11) is 3.36. The number of anilines is 1. The van der Waals surface area contributed by atoms with Crippen LogP contribution < -0.4 is 19.7 Å². The number of carbonyl (C=O) groups is 2. The molecule has 192 valence electrons. The highest BCUT2D eigenvalue weighted by molar-refractivity contribution is 8.04. The first-order valence-electron chi connectivity index (χ1n) is 12.4. The summed E-state index contributed by atoms with van der Waals surface area (Å²) in [4.78, 5) is 29.2. The lowest BCUT2D eigenvalue weighted by molar-refractivity contribution is -0.114. The van der Waals surface area contributed by atoms with Crippen molar-refractivity contribution in [2.45, 2.75) is 37.6 Å². The van der Waals surface area contributed by atoms with Gasteiger partial charge >= 0.3 is 0 Å². The van der Waals surface area contributed by atoms with Crippen LogP contribution >= 0.6 is 11.8 Å². The molecule has 6 nitrogen and oxygen atoms in total. The van der Waals surface area contributed by atoms with Gasteiger partial charge in [0.25, 0.3) is 11.8 Å². The molecule has 4 rings (SSSR count). The van der Waals surface area contributed by atoms with Crippen molar-refractivity contribution in [3.63, 3.8) is 0 Å². The molecular formula is C30H32N2O4S. The van der Waals surface area contributed by atoms with Crippen LogP contribution in [0.4, 0.5) is 5.69 Å². The van der Waals surface area contributed by atoms with Gasteiger partial charge in [0.1, 0.15) is 11.5 Å². The Balaban J connectivity index is 1.44. The van der Waals surface area contributed by atoms with E-state index in [9.17, 15) is 9.59 Å². The molecule has 1 heterocycles. The summed E-state index contributed by atoms with van der Waals surface area (Å²) in [6.07, 6.45) is 3.98. The highest BCUT2D eigenvalue weighted by atomic mass is 32.2. The van der Waals surface area contributed by atoms with Gasteiger partial charge < -0.3 is 19.7 Å². The second kappa shape index (κ2) is 12.0. The lowest BCUT2D eigenvalue weighted by Crippen LogP contribution is -2.31. The number of likely N-dealkylation sites (N-methyl/N-ethyl adjacent to an activating group) is 1. The fraction of sp³-hybridized carbons (Fsp3) is 0.267. The summed E-state index contributed by atoms with van der Waals surface area (Å²) in [6.45, 7) is 4.78. The number of nitrogens with one attached hydrogen (secondary N) is 1. The maximum atomic E-state index is 13.1. The van der Waals surface area contributed by atoms with Gasteiger partial charge in [0.15, 0.2) is 0 Å². The molecule has 1 aliphatic heterocycles. The Kier molecular flexibility index (Phi) is 8.56. The van der Waals surface area contributed by atoms with E-state index in [0.717, 1.165) is 46.1 Å². The quantitative estimate of drug-likeness (QED) is 0.261. The SMILES string of the molecule is CCCCOc1ccc([C@H](C)NC(=O)c2ccc3c(c2)N(C)C(=O)/C(=C\c2ccc(OC)cc2)S3)cc1. The smallest absolute Gasteiger partial charge is 0.264 e. The normalized spacial score (nSPS) is 14.8. The minimum atomic E-state index is -0.191. The van der Waals surface area contributed by atoms with Crippen LogP contribution in [0.1, 0.15) is 54.2 Å². The average Bonchev–Trinajstić information content (AvgIpc) is 2.92. The van der Waals surface area contributed by atoms with Crippen LogP contribution in [0.5, 0.6) is 11.5 Å². The van der Waals surface area contributed by atoms with Crippen molar-refractivity contribution in [1.29, 1.82) is 0 Å². The highest BCUT2D eigenvalue weighted by Crippen LogP contribution is 2.42. The predicted octanol–water partition coefficient (Wildman–Crippen LogP) is 6.47. The molecule has 2 amide bonds. The van der Waals surface area contributed by atoms with Crippen molar-refractivity contribution in [3.8, 4) is 11.5 Å². The minimum Gasteiger partial charge on any atom is -0.497 e. The second-order valence-corrected chi connectivity index (χ2v) is 9.98. The molecule has 0 saturated heterocycles. The summed E-state index contributed by atoms with van der Waals surface area (Å²) in [5, 5.41) is 3.06.